The summed E-state index contributed by atoms with van der Waals surface area (Å²) >= 11 is 0. The van der Waals surface area contributed by atoms with Crippen LogP contribution >= 0.6 is 0 Å². The fourth-order valence-corrected chi connectivity index (χ4v) is 1.87. The minimum absolute atomic E-state index is 0.0105. The lowest BCUT2D eigenvalue weighted by atomic mass is 10.1. The first-order valence-corrected chi connectivity index (χ1v) is 6.49. The predicted octanol–water partition coefficient (Wildman–Crippen LogP) is 4.08. The van der Waals surface area contributed by atoms with Gasteiger partial charge in [0.1, 0.15) is 17.2 Å². The molecule has 0 unspecified atom stereocenters. The van der Waals surface area contributed by atoms with E-state index in [1.54, 1.807) is 0 Å². The third-order valence-corrected chi connectivity index (χ3v) is 3.07. The Labute approximate surface area is 134 Å². The number of benzene rings is 2. The molecule has 0 spiro atoms. The van der Waals surface area contributed by atoms with Gasteiger partial charge in [0.05, 0.1) is 17.6 Å². The van der Waals surface area contributed by atoms with Crippen LogP contribution in [0.2, 0.25) is 0 Å². The van der Waals surface area contributed by atoms with Gasteiger partial charge in [0.15, 0.2) is 0 Å². The quantitative estimate of drug-likeness (QED) is 0.516. The van der Waals surface area contributed by atoms with Crippen molar-refractivity contribution in [2.24, 2.45) is 4.99 Å². The molecule has 0 radical (unpaired) electrons. The van der Waals surface area contributed by atoms with Gasteiger partial charge >= 0.3 is 6.18 Å². The van der Waals surface area contributed by atoms with Gasteiger partial charge in [0.25, 0.3) is 5.69 Å². The van der Waals surface area contributed by atoms with Gasteiger partial charge in [-0.3, -0.25) is 15.1 Å². The van der Waals surface area contributed by atoms with E-state index in [0.717, 1.165) is 42.6 Å². The molecule has 0 aromatic heterocycles. The van der Waals surface area contributed by atoms with Crippen molar-refractivity contribution in [2.45, 2.75) is 6.18 Å². The van der Waals surface area contributed by atoms with Gasteiger partial charge in [-0.05, 0) is 24.3 Å². The van der Waals surface area contributed by atoms with Crippen molar-refractivity contribution in [3.05, 3.63) is 57.6 Å². The zero-order valence-corrected chi connectivity index (χ0v) is 12.2. The Hall–Kier alpha value is -3.10. The molecule has 1 N–H and O–H groups in total. The number of rotatable bonds is 4. The minimum atomic E-state index is -4.55. The van der Waals surface area contributed by atoms with E-state index < -0.39 is 16.7 Å². The first kappa shape index (κ1) is 17.3. The second kappa shape index (κ2) is 6.57. The SMILES string of the molecule is COc1ccc(C(F)(F)F)cc1N=Cc1cc([N+](=O)[O-])ccc1O. The average molecular weight is 340 g/mol. The van der Waals surface area contributed by atoms with Crippen LogP contribution in [0.1, 0.15) is 11.1 Å². The topological polar surface area (TPSA) is 85.0 Å². The lowest BCUT2D eigenvalue weighted by molar-refractivity contribution is -0.384. The van der Waals surface area contributed by atoms with Crippen molar-refractivity contribution in [1.82, 2.24) is 0 Å². The van der Waals surface area contributed by atoms with Crippen molar-refractivity contribution in [1.29, 1.82) is 0 Å². The molecular formula is C15H11F3N2O4. The molecule has 0 atom stereocenters. The molecular weight excluding hydrogens is 329 g/mol. The Kier molecular flexibility index (Phi) is 4.72. The van der Waals surface area contributed by atoms with Crippen LogP contribution in [0.5, 0.6) is 11.5 Å². The summed E-state index contributed by atoms with van der Waals surface area (Å²) in [7, 11) is 1.27. The van der Waals surface area contributed by atoms with E-state index in [1.165, 1.54) is 7.11 Å². The van der Waals surface area contributed by atoms with E-state index in [-0.39, 0.29) is 28.4 Å². The Morgan fingerprint density at radius 1 is 1.25 bits per heavy atom. The molecule has 2 aromatic carbocycles. The predicted molar refractivity (Wildman–Crippen MR) is 80.0 cm³/mol. The first-order valence-electron chi connectivity index (χ1n) is 6.49. The lowest BCUT2D eigenvalue weighted by Gasteiger charge is -2.10. The van der Waals surface area contributed by atoms with E-state index in [2.05, 4.69) is 4.99 Å². The van der Waals surface area contributed by atoms with Gasteiger partial charge < -0.3 is 9.84 Å². The van der Waals surface area contributed by atoms with Gasteiger partial charge in [-0.2, -0.15) is 13.2 Å². The smallest absolute Gasteiger partial charge is 0.416 e. The third kappa shape index (κ3) is 3.80. The molecule has 9 heteroatoms. The number of methoxy groups -OCH3 is 1. The van der Waals surface area contributed by atoms with E-state index in [1.807, 2.05) is 0 Å². The van der Waals surface area contributed by atoms with Crippen LogP contribution < -0.4 is 4.74 Å². The summed E-state index contributed by atoms with van der Waals surface area (Å²) in [6, 6.07) is 5.99. The van der Waals surface area contributed by atoms with E-state index in [0.29, 0.717) is 0 Å². The van der Waals surface area contributed by atoms with Crippen molar-refractivity contribution >= 4 is 17.6 Å². The molecule has 126 valence electrons. The third-order valence-electron chi connectivity index (χ3n) is 3.07. The summed E-state index contributed by atoms with van der Waals surface area (Å²) in [5, 5.41) is 20.4. The number of nitro groups is 1. The van der Waals surface area contributed by atoms with Crippen molar-refractivity contribution in [3.8, 4) is 11.5 Å². The highest BCUT2D eigenvalue weighted by Crippen LogP contribution is 2.36. The van der Waals surface area contributed by atoms with Crippen LogP contribution in [0.25, 0.3) is 0 Å². The van der Waals surface area contributed by atoms with Crippen LogP contribution in [-0.4, -0.2) is 23.4 Å². The van der Waals surface area contributed by atoms with E-state index in [4.69, 9.17) is 4.74 Å². The first-order chi connectivity index (χ1) is 11.2. The number of hydrogen-bond donors (Lipinski definition) is 1. The molecule has 6 nitrogen and oxygen atoms in total. The van der Waals surface area contributed by atoms with E-state index >= 15 is 0 Å². The van der Waals surface area contributed by atoms with Gasteiger partial charge in [-0.25, -0.2) is 0 Å². The standard InChI is InChI=1S/C15H11F3N2O4/c1-24-14-5-2-10(15(16,17)18)7-12(14)19-8-9-6-11(20(22)23)3-4-13(9)21/h2-8,21H,1H3. The zero-order valence-electron chi connectivity index (χ0n) is 12.2. The summed E-state index contributed by atoms with van der Waals surface area (Å²) in [4.78, 5) is 13.9. The number of nitrogens with zero attached hydrogens (tertiary/aromatic N) is 2. The molecule has 0 saturated heterocycles. The summed E-state index contributed by atoms with van der Waals surface area (Å²) in [6.07, 6.45) is -3.52. The maximum absolute atomic E-state index is 12.8. The maximum Gasteiger partial charge on any atom is 0.416 e. The summed E-state index contributed by atoms with van der Waals surface area (Å²) < 4.78 is 43.2. The minimum Gasteiger partial charge on any atom is -0.507 e. The summed E-state index contributed by atoms with van der Waals surface area (Å²) in [6.45, 7) is 0. The highest BCUT2D eigenvalue weighted by Gasteiger charge is 2.31. The lowest BCUT2D eigenvalue weighted by Crippen LogP contribution is -2.04. The van der Waals surface area contributed by atoms with Crippen LogP contribution in [0.4, 0.5) is 24.5 Å². The molecule has 0 heterocycles. The molecule has 2 aromatic rings. The number of nitro benzene ring substituents is 1. The Morgan fingerprint density at radius 2 is 1.96 bits per heavy atom. The Bertz CT molecular complexity index is 804. The number of phenolic OH excluding ortho intramolecular Hbond substituents is 1. The molecule has 2 rings (SSSR count). The fourth-order valence-electron chi connectivity index (χ4n) is 1.87. The van der Waals surface area contributed by atoms with Gasteiger partial charge in [0, 0.05) is 23.9 Å². The zero-order chi connectivity index (χ0) is 17.9. The number of alkyl halides is 3. The second-order valence-electron chi connectivity index (χ2n) is 4.64. The van der Waals surface area contributed by atoms with Gasteiger partial charge in [-0.15, -0.1) is 0 Å². The molecule has 0 amide bonds. The molecule has 0 bridgehead atoms. The number of hydrogen-bond acceptors (Lipinski definition) is 5. The molecule has 24 heavy (non-hydrogen) atoms. The number of phenols is 1. The van der Waals surface area contributed by atoms with Crippen LogP contribution in [-0.2, 0) is 6.18 Å². The largest absolute Gasteiger partial charge is 0.507 e. The van der Waals surface area contributed by atoms with Crippen molar-refractivity contribution in [2.75, 3.05) is 7.11 Å². The van der Waals surface area contributed by atoms with Crippen LogP contribution in [0.15, 0.2) is 41.4 Å². The normalized spacial score (nSPS) is 11.7. The molecule has 0 aliphatic carbocycles. The number of halogens is 3. The number of aromatic hydroxyl groups is 1. The molecule has 0 aliphatic rings. The fraction of sp³-hybridized carbons (Fsp3) is 0.133. The number of ether oxygens (including phenoxy) is 1. The molecule has 0 aliphatic heterocycles. The summed E-state index contributed by atoms with van der Waals surface area (Å²) in [5.41, 5.74) is -1.34. The Balaban J connectivity index is 2.45. The summed E-state index contributed by atoms with van der Waals surface area (Å²) in [5.74, 6) is -0.209. The van der Waals surface area contributed by atoms with Crippen molar-refractivity contribution < 1.29 is 27.9 Å². The van der Waals surface area contributed by atoms with Crippen LogP contribution in [0, 0.1) is 10.1 Å². The molecule has 0 fully saturated rings. The van der Waals surface area contributed by atoms with Crippen LogP contribution in [0.3, 0.4) is 0 Å². The average Bonchev–Trinajstić information content (AvgIpc) is 2.52. The number of non-ortho nitro benzene ring substituents is 1. The molecule has 0 saturated carbocycles. The van der Waals surface area contributed by atoms with Crippen molar-refractivity contribution in [3.63, 3.8) is 0 Å². The Morgan fingerprint density at radius 3 is 2.54 bits per heavy atom. The van der Waals surface area contributed by atoms with E-state index in [9.17, 15) is 28.4 Å². The second-order valence-corrected chi connectivity index (χ2v) is 4.64. The maximum atomic E-state index is 12.8. The highest BCUT2D eigenvalue weighted by atomic mass is 19.4. The monoisotopic (exact) mass is 340 g/mol. The van der Waals surface area contributed by atoms with Gasteiger partial charge in [-0.1, -0.05) is 0 Å². The number of aliphatic imine (C=N–C) groups is 1. The highest BCUT2D eigenvalue weighted by molar-refractivity contribution is 5.87. The van der Waals surface area contributed by atoms with Gasteiger partial charge in [0.2, 0.25) is 0 Å².